The summed E-state index contributed by atoms with van der Waals surface area (Å²) in [5.74, 6) is 0.512. The molecule has 0 N–H and O–H groups in total. The van der Waals surface area contributed by atoms with Crippen LogP contribution in [0.4, 0.5) is 0 Å². The lowest BCUT2D eigenvalue weighted by Crippen LogP contribution is -2.44. The van der Waals surface area contributed by atoms with Crippen molar-refractivity contribution in [3.8, 4) is 5.75 Å². The molecule has 1 atom stereocenters. The van der Waals surface area contributed by atoms with Crippen LogP contribution in [0.15, 0.2) is 24.3 Å². The van der Waals surface area contributed by atoms with Crippen LogP contribution in [0.3, 0.4) is 0 Å². The largest absolute Gasteiger partial charge is 0.494 e. The van der Waals surface area contributed by atoms with Crippen molar-refractivity contribution >= 4 is 17.7 Å². The standard InChI is InChI=1S/C23H33N3O4/c1-5-30-19-9-7-17(8-10-19)21(28)24-11-6-12-25(14-13-24)22(29)18-15-20(27)26(16-18)23(2,3)4/h7-10,18H,5-6,11-16H2,1-4H3. The molecule has 2 aliphatic heterocycles. The number of rotatable bonds is 4. The molecular weight excluding hydrogens is 382 g/mol. The summed E-state index contributed by atoms with van der Waals surface area (Å²) in [6.45, 7) is 11.2. The lowest BCUT2D eigenvalue weighted by atomic mass is 10.1. The van der Waals surface area contributed by atoms with Gasteiger partial charge in [-0.05, 0) is 58.4 Å². The van der Waals surface area contributed by atoms with Gasteiger partial charge in [-0.15, -0.1) is 0 Å². The molecule has 164 valence electrons. The molecule has 1 unspecified atom stereocenters. The summed E-state index contributed by atoms with van der Waals surface area (Å²) < 4.78 is 5.43. The van der Waals surface area contributed by atoms with E-state index in [4.69, 9.17) is 4.74 Å². The third kappa shape index (κ3) is 4.94. The molecule has 0 spiro atoms. The SMILES string of the molecule is CCOc1ccc(C(=O)N2CCCN(C(=O)C3CC(=O)N(C(C)(C)C)C3)CC2)cc1. The van der Waals surface area contributed by atoms with E-state index in [9.17, 15) is 14.4 Å². The first-order valence-corrected chi connectivity index (χ1v) is 10.8. The highest BCUT2D eigenvalue weighted by Crippen LogP contribution is 2.27. The van der Waals surface area contributed by atoms with E-state index in [0.717, 1.165) is 12.2 Å². The van der Waals surface area contributed by atoms with E-state index < -0.39 is 0 Å². The molecule has 7 nitrogen and oxygen atoms in total. The fourth-order valence-corrected chi connectivity index (χ4v) is 4.16. The molecule has 1 aromatic rings. The summed E-state index contributed by atoms with van der Waals surface area (Å²) in [5.41, 5.74) is 0.353. The number of ether oxygens (including phenoxy) is 1. The zero-order valence-electron chi connectivity index (χ0n) is 18.5. The summed E-state index contributed by atoms with van der Waals surface area (Å²) in [7, 11) is 0. The fourth-order valence-electron chi connectivity index (χ4n) is 4.16. The van der Waals surface area contributed by atoms with Crippen molar-refractivity contribution in [2.45, 2.75) is 46.1 Å². The lowest BCUT2D eigenvalue weighted by molar-refractivity contribution is -0.135. The van der Waals surface area contributed by atoms with Gasteiger partial charge in [-0.2, -0.15) is 0 Å². The molecule has 0 aromatic heterocycles. The van der Waals surface area contributed by atoms with Crippen LogP contribution in [0.25, 0.3) is 0 Å². The van der Waals surface area contributed by atoms with Gasteiger partial charge in [0.25, 0.3) is 5.91 Å². The molecule has 2 fully saturated rings. The molecule has 2 saturated heterocycles. The summed E-state index contributed by atoms with van der Waals surface area (Å²) in [4.78, 5) is 43.7. The average Bonchev–Trinajstić information content (AvgIpc) is 2.95. The van der Waals surface area contributed by atoms with Crippen molar-refractivity contribution in [3.63, 3.8) is 0 Å². The van der Waals surface area contributed by atoms with Crippen LogP contribution < -0.4 is 4.74 Å². The van der Waals surface area contributed by atoms with Gasteiger partial charge in [0.05, 0.1) is 12.5 Å². The van der Waals surface area contributed by atoms with Crippen LogP contribution in [-0.4, -0.2) is 77.3 Å². The topological polar surface area (TPSA) is 70.2 Å². The number of carbonyl (C=O) groups is 3. The van der Waals surface area contributed by atoms with Crippen molar-refractivity contribution < 1.29 is 19.1 Å². The number of amides is 3. The van der Waals surface area contributed by atoms with Gasteiger partial charge in [0, 0.05) is 50.2 Å². The number of benzene rings is 1. The molecule has 0 saturated carbocycles. The van der Waals surface area contributed by atoms with Crippen LogP contribution in [0.1, 0.15) is 50.9 Å². The van der Waals surface area contributed by atoms with Crippen molar-refractivity contribution in [1.82, 2.24) is 14.7 Å². The first-order chi connectivity index (χ1) is 14.2. The number of hydrogen-bond acceptors (Lipinski definition) is 4. The molecule has 2 aliphatic rings. The molecule has 2 heterocycles. The Hall–Kier alpha value is -2.57. The predicted molar refractivity (Wildman–Crippen MR) is 114 cm³/mol. The first-order valence-electron chi connectivity index (χ1n) is 10.8. The van der Waals surface area contributed by atoms with E-state index in [1.807, 2.05) is 49.6 Å². The molecule has 3 rings (SSSR count). The Morgan fingerprint density at radius 1 is 1.03 bits per heavy atom. The van der Waals surface area contributed by atoms with Crippen molar-refractivity contribution in [3.05, 3.63) is 29.8 Å². The molecule has 30 heavy (non-hydrogen) atoms. The highest BCUT2D eigenvalue weighted by molar-refractivity contribution is 5.94. The Kier molecular flexibility index (Phi) is 6.68. The van der Waals surface area contributed by atoms with Crippen LogP contribution in [0, 0.1) is 5.92 Å². The highest BCUT2D eigenvalue weighted by atomic mass is 16.5. The van der Waals surface area contributed by atoms with Crippen LogP contribution in [0.2, 0.25) is 0 Å². The van der Waals surface area contributed by atoms with E-state index in [1.54, 1.807) is 17.0 Å². The Labute approximate surface area is 179 Å². The number of nitrogens with zero attached hydrogens (tertiary/aromatic N) is 3. The van der Waals surface area contributed by atoms with Gasteiger partial charge in [-0.3, -0.25) is 14.4 Å². The van der Waals surface area contributed by atoms with E-state index in [1.165, 1.54) is 0 Å². The Morgan fingerprint density at radius 2 is 1.67 bits per heavy atom. The lowest BCUT2D eigenvalue weighted by Gasteiger charge is -2.32. The van der Waals surface area contributed by atoms with Crippen LogP contribution in [0.5, 0.6) is 5.75 Å². The van der Waals surface area contributed by atoms with Gasteiger partial charge >= 0.3 is 0 Å². The monoisotopic (exact) mass is 415 g/mol. The maximum absolute atomic E-state index is 13.0. The summed E-state index contributed by atoms with van der Waals surface area (Å²) in [6, 6.07) is 7.18. The Bertz CT molecular complexity index is 785. The van der Waals surface area contributed by atoms with Gasteiger partial charge in [0.2, 0.25) is 11.8 Å². The van der Waals surface area contributed by atoms with E-state index >= 15 is 0 Å². The van der Waals surface area contributed by atoms with E-state index in [0.29, 0.717) is 44.9 Å². The van der Waals surface area contributed by atoms with Crippen LogP contribution >= 0.6 is 0 Å². The number of hydrogen-bond donors (Lipinski definition) is 0. The van der Waals surface area contributed by atoms with Crippen molar-refractivity contribution in [2.75, 3.05) is 39.3 Å². The Balaban J connectivity index is 1.59. The summed E-state index contributed by atoms with van der Waals surface area (Å²) in [5, 5.41) is 0. The number of carbonyl (C=O) groups excluding carboxylic acids is 3. The third-order valence-corrected chi connectivity index (χ3v) is 5.79. The minimum atomic E-state index is -0.287. The average molecular weight is 416 g/mol. The van der Waals surface area contributed by atoms with Gasteiger partial charge in [0.15, 0.2) is 0 Å². The smallest absolute Gasteiger partial charge is 0.253 e. The molecule has 7 heteroatoms. The summed E-state index contributed by atoms with van der Waals surface area (Å²) in [6.07, 6.45) is 1.01. The normalized spacial score (nSPS) is 20.3. The Morgan fingerprint density at radius 3 is 2.27 bits per heavy atom. The van der Waals surface area contributed by atoms with Crippen molar-refractivity contribution in [1.29, 1.82) is 0 Å². The van der Waals surface area contributed by atoms with E-state index in [-0.39, 0.29) is 35.6 Å². The van der Waals surface area contributed by atoms with Gasteiger partial charge in [-0.25, -0.2) is 0 Å². The fraction of sp³-hybridized carbons (Fsp3) is 0.609. The quantitative estimate of drug-likeness (QED) is 0.757. The molecular formula is C23H33N3O4. The molecule has 0 bridgehead atoms. The second-order valence-corrected chi connectivity index (χ2v) is 9.00. The number of likely N-dealkylation sites (tertiary alicyclic amines) is 1. The first kappa shape index (κ1) is 22.1. The molecule has 0 aliphatic carbocycles. The van der Waals surface area contributed by atoms with Gasteiger partial charge < -0.3 is 19.4 Å². The zero-order chi connectivity index (χ0) is 21.9. The van der Waals surface area contributed by atoms with Gasteiger partial charge in [0.1, 0.15) is 5.75 Å². The maximum atomic E-state index is 13.0. The minimum Gasteiger partial charge on any atom is -0.494 e. The second kappa shape index (κ2) is 9.06. The second-order valence-electron chi connectivity index (χ2n) is 9.00. The molecule has 0 radical (unpaired) electrons. The third-order valence-electron chi connectivity index (χ3n) is 5.79. The minimum absolute atomic E-state index is 0.0256. The van der Waals surface area contributed by atoms with Gasteiger partial charge in [-0.1, -0.05) is 0 Å². The van der Waals surface area contributed by atoms with E-state index in [2.05, 4.69) is 0 Å². The van der Waals surface area contributed by atoms with Crippen LogP contribution in [-0.2, 0) is 9.59 Å². The summed E-state index contributed by atoms with van der Waals surface area (Å²) >= 11 is 0. The molecule has 1 aromatic carbocycles. The zero-order valence-corrected chi connectivity index (χ0v) is 18.5. The highest BCUT2D eigenvalue weighted by Gasteiger charge is 2.41. The predicted octanol–water partition coefficient (Wildman–Crippen LogP) is 2.41. The maximum Gasteiger partial charge on any atom is 0.253 e. The molecule has 3 amide bonds. The van der Waals surface area contributed by atoms with Crippen molar-refractivity contribution in [2.24, 2.45) is 5.92 Å².